The highest BCUT2D eigenvalue weighted by atomic mass is 35.5. The van der Waals surface area contributed by atoms with E-state index in [2.05, 4.69) is 10.1 Å². The molecule has 0 bridgehead atoms. The number of ether oxygens (including phenoxy) is 1. The molecule has 0 saturated heterocycles. The zero-order valence-corrected chi connectivity index (χ0v) is 10.5. The quantitative estimate of drug-likeness (QED) is 0.837. The minimum Gasteiger partial charge on any atom is -0.469 e. The van der Waals surface area contributed by atoms with Crippen LogP contribution in [-0.4, -0.2) is 25.5 Å². The Bertz CT molecular complexity index is 412. The van der Waals surface area contributed by atoms with Gasteiger partial charge in [0, 0.05) is 17.1 Å². The molecular weight excluding hydrogens is 242 g/mol. The minimum absolute atomic E-state index is 0.155. The third-order valence-electron chi connectivity index (χ3n) is 2.15. The van der Waals surface area contributed by atoms with Gasteiger partial charge in [0.2, 0.25) is 0 Å². The Kier molecular flexibility index (Phi) is 4.97. The van der Waals surface area contributed by atoms with Gasteiger partial charge in [-0.1, -0.05) is 11.6 Å². The predicted octanol–water partition coefficient (Wildman–Crippen LogP) is 1.94. The molecule has 1 N–H and O–H groups in total. The van der Waals surface area contributed by atoms with Crippen molar-refractivity contribution >= 4 is 23.5 Å². The lowest BCUT2D eigenvalue weighted by Crippen LogP contribution is -2.26. The Hall–Kier alpha value is -1.55. The van der Waals surface area contributed by atoms with Crippen LogP contribution in [0.5, 0.6) is 0 Å². The summed E-state index contributed by atoms with van der Waals surface area (Å²) in [7, 11) is 1.31. The highest BCUT2D eigenvalue weighted by Gasteiger charge is 2.07. The lowest BCUT2D eigenvalue weighted by molar-refractivity contribution is -0.140. The van der Waals surface area contributed by atoms with Gasteiger partial charge in [-0.3, -0.25) is 9.59 Å². The third-order valence-corrected chi connectivity index (χ3v) is 2.36. The standard InChI is InChI=1S/C12H14ClNO3/c1-8-5-9(7-10(13)6-8)12(16)14-4-3-11(15)17-2/h5-7H,3-4H2,1-2H3,(H,14,16). The Labute approximate surface area is 105 Å². The number of amides is 1. The number of esters is 1. The Balaban J connectivity index is 2.55. The van der Waals surface area contributed by atoms with E-state index in [1.807, 2.05) is 6.92 Å². The Morgan fingerprint density at radius 3 is 2.65 bits per heavy atom. The first-order valence-corrected chi connectivity index (χ1v) is 5.53. The van der Waals surface area contributed by atoms with Gasteiger partial charge in [-0.05, 0) is 30.7 Å². The Morgan fingerprint density at radius 2 is 2.06 bits per heavy atom. The van der Waals surface area contributed by atoms with Gasteiger partial charge in [0.1, 0.15) is 0 Å². The first kappa shape index (κ1) is 13.5. The first-order valence-electron chi connectivity index (χ1n) is 5.15. The lowest BCUT2D eigenvalue weighted by atomic mass is 10.1. The number of nitrogens with one attached hydrogen (secondary N) is 1. The average molecular weight is 256 g/mol. The van der Waals surface area contributed by atoms with Gasteiger partial charge in [-0.25, -0.2) is 0 Å². The summed E-state index contributed by atoms with van der Waals surface area (Å²) in [5.41, 5.74) is 1.40. The number of halogens is 1. The molecule has 0 saturated carbocycles. The fraction of sp³-hybridized carbons (Fsp3) is 0.333. The molecule has 1 rings (SSSR count). The molecular formula is C12H14ClNO3. The van der Waals surface area contributed by atoms with Gasteiger partial charge < -0.3 is 10.1 Å². The maximum Gasteiger partial charge on any atom is 0.307 e. The second kappa shape index (κ2) is 6.25. The normalized spacial score (nSPS) is 9.82. The molecule has 0 aliphatic heterocycles. The predicted molar refractivity (Wildman–Crippen MR) is 65.2 cm³/mol. The van der Waals surface area contributed by atoms with Crippen LogP contribution in [0, 0.1) is 6.92 Å². The van der Waals surface area contributed by atoms with E-state index in [1.54, 1.807) is 18.2 Å². The summed E-state index contributed by atoms with van der Waals surface area (Å²) < 4.78 is 4.46. The van der Waals surface area contributed by atoms with Crippen LogP contribution in [0.15, 0.2) is 18.2 Å². The third kappa shape index (κ3) is 4.44. The summed E-state index contributed by atoms with van der Waals surface area (Å²) in [6.45, 7) is 2.11. The highest BCUT2D eigenvalue weighted by molar-refractivity contribution is 6.31. The van der Waals surface area contributed by atoms with E-state index in [9.17, 15) is 9.59 Å². The van der Waals surface area contributed by atoms with Gasteiger partial charge in [0.05, 0.1) is 13.5 Å². The molecule has 17 heavy (non-hydrogen) atoms. The summed E-state index contributed by atoms with van der Waals surface area (Å²) in [5.74, 6) is -0.605. The summed E-state index contributed by atoms with van der Waals surface area (Å²) >= 11 is 5.85. The largest absolute Gasteiger partial charge is 0.469 e. The topological polar surface area (TPSA) is 55.4 Å². The fourth-order valence-corrected chi connectivity index (χ4v) is 1.64. The van der Waals surface area contributed by atoms with Gasteiger partial charge in [0.25, 0.3) is 5.91 Å². The number of carbonyl (C=O) groups excluding carboxylic acids is 2. The maximum absolute atomic E-state index is 11.7. The van der Waals surface area contributed by atoms with Crippen LogP contribution < -0.4 is 5.32 Å². The average Bonchev–Trinajstić information content (AvgIpc) is 2.27. The van der Waals surface area contributed by atoms with Crippen molar-refractivity contribution in [1.82, 2.24) is 5.32 Å². The van der Waals surface area contributed by atoms with Crippen molar-refractivity contribution in [1.29, 1.82) is 0 Å². The van der Waals surface area contributed by atoms with E-state index >= 15 is 0 Å². The number of aryl methyl sites for hydroxylation is 1. The number of hydrogen-bond acceptors (Lipinski definition) is 3. The molecule has 1 aromatic rings. The van der Waals surface area contributed by atoms with Crippen LogP contribution in [0.2, 0.25) is 5.02 Å². The first-order chi connectivity index (χ1) is 8.02. The minimum atomic E-state index is -0.354. The number of benzene rings is 1. The van der Waals surface area contributed by atoms with E-state index in [0.29, 0.717) is 10.6 Å². The molecule has 0 unspecified atom stereocenters. The molecule has 0 aromatic heterocycles. The van der Waals surface area contributed by atoms with Crippen molar-refractivity contribution in [3.05, 3.63) is 34.3 Å². The molecule has 0 aliphatic rings. The summed E-state index contributed by atoms with van der Waals surface area (Å²) in [4.78, 5) is 22.5. The molecule has 0 spiro atoms. The van der Waals surface area contributed by atoms with Crippen LogP contribution in [-0.2, 0) is 9.53 Å². The van der Waals surface area contributed by atoms with Crippen molar-refractivity contribution in [2.24, 2.45) is 0 Å². The van der Waals surface area contributed by atoms with Crippen molar-refractivity contribution < 1.29 is 14.3 Å². The van der Waals surface area contributed by atoms with E-state index < -0.39 is 0 Å². The lowest BCUT2D eigenvalue weighted by Gasteiger charge is -2.05. The second-order valence-electron chi connectivity index (χ2n) is 3.60. The van der Waals surface area contributed by atoms with Gasteiger partial charge in [-0.15, -0.1) is 0 Å². The smallest absolute Gasteiger partial charge is 0.307 e. The van der Waals surface area contributed by atoms with E-state index in [0.717, 1.165) is 5.56 Å². The molecule has 1 aromatic carbocycles. The number of hydrogen-bond donors (Lipinski definition) is 1. The van der Waals surface area contributed by atoms with Gasteiger partial charge >= 0.3 is 5.97 Å². The molecule has 92 valence electrons. The molecule has 0 radical (unpaired) electrons. The number of rotatable bonds is 4. The number of carbonyl (C=O) groups is 2. The van der Waals surface area contributed by atoms with Gasteiger partial charge in [-0.2, -0.15) is 0 Å². The molecule has 0 fully saturated rings. The molecule has 0 aliphatic carbocycles. The van der Waals surface area contributed by atoms with Crippen LogP contribution in [0.25, 0.3) is 0 Å². The summed E-state index contributed by atoms with van der Waals surface area (Å²) in [6.07, 6.45) is 0.155. The molecule has 0 atom stereocenters. The fourth-order valence-electron chi connectivity index (χ4n) is 1.35. The van der Waals surface area contributed by atoms with Crippen molar-refractivity contribution in [3.8, 4) is 0 Å². The zero-order chi connectivity index (χ0) is 12.8. The van der Waals surface area contributed by atoms with Crippen LogP contribution >= 0.6 is 11.6 Å². The molecule has 4 nitrogen and oxygen atoms in total. The van der Waals surface area contributed by atoms with E-state index in [4.69, 9.17) is 11.6 Å². The molecule has 1 amide bonds. The van der Waals surface area contributed by atoms with Crippen molar-refractivity contribution in [2.45, 2.75) is 13.3 Å². The Morgan fingerprint density at radius 1 is 1.35 bits per heavy atom. The van der Waals surface area contributed by atoms with Crippen LogP contribution in [0.1, 0.15) is 22.3 Å². The molecule has 5 heteroatoms. The van der Waals surface area contributed by atoms with Crippen molar-refractivity contribution in [3.63, 3.8) is 0 Å². The highest BCUT2D eigenvalue weighted by Crippen LogP contribution is 2.14. The monoisotopic (exact) mass is 255 g/mol. The molecule has 0 heterocycles. The van der Waals surface area contributed by atoms with Crippen LogP contribution in [0.4, 0.5) is 0 Å². The SMILES string of the molecule is COC(=O)CCNC(=O)c1cc(C)cc(Cl)c1. The zero-order valence-electron chi connectivity index (χ0n) is 9.75. The van der Waals surface area contributed by atoms with Crippen LogP contribution in [0.3, 0.4) is 0 Å². The number of methoxy groups -OCH3 is 1. The van der Waals surface area contributed by atoms with E-state index in [-0.39, 0.29) is 24.8 Å². The summed E-state index contributed by atoms with van der Waals surface area (Å²) in [6, 6.07) is 5.09. The summed E-state index contributed by atoms with van der Waals surface area (Å²) in [5, 5.41) is 3.14. The second-order valence-corrected chi connectivity index (χ2v) is 4.04. The maximum atomic E-state index is 11.7. The van der Waals surface area contributed by atoms with E-state index in [1.165, 1.54) is 7.11 Å². The van der Waals surface area contributed by atoms with Gasteiger partial charge in [0.15, 0.2) is 0 Å². The van der Waals surface area contributed by atoms with Crippen molar-refractivity contribution in [2.75, 3.05) is 13.7 Å².